The Hall–Kier alpha value is -1.30. The Morgan fingerprint density at radius 1 is 1.59 bits per heavy atom. The first kappa shape index (κ1) is 15.7. The molecule has 0 fully saturated rings. The lowest BCUT2D eigenvalue weighted by Crippen LogP contribution is -2.39. The van der Waals surface area contributed by atoms with Crippen molar-refractivity contribution in [3.8, 4) is 5.75 Å². The molecule has 0 radical (unpaired) electrons. The van der Waals surface area contributed by atoms with E-state index < -0.39 is 6.04 Å². The molecule has 1 atom stereocenters. The van der Waals surface area contributed by atoms with E-state index in [1.165, 1.54) is 13.2 Å². The van der Waals surface area contributed by atoms with Gasteiger partial charge in [0.25, 0.3) is 0 Å². The highest BCUT2D eigenvalue weighted by molar-refractivity contribution is 5.96. The van der Waals surface area contributed by atoms with Gasteiger partial charge in [0.15, 0.2) is 0 Å². The molecule has 0 heterocycles. The second kappa shape index (κ2) is 7.11. The molecule has 1 unspecified atom stereocenters. The molecule has 0 aliphatic heterocycles. The third-order valence-electron chi connectivity index (χ3n) is 2.09. The van der Waals surface area contributed by atoms with Gasteiger partial charge in [-0.2, -0.15) is 0 Å². The third-order valence-corrected chi connectivity index (χ3v) is 2.09. The lowest BCUT2D eigenvalue weighted by molar-refractivity contribution is -0.118. The summed E-state index contributed by atoms with van der Waals surface area (Å²) in [6.45, 7) is 2.00. The molecule has 0 aliphatic carbocycles. The van der Waals surface area contributed by atoms with Crippen LogP contribution in [0.25, 0.3) is 0 Å². The fraction of sp³-hybridized carbons (Fsp3) is 0.364. The number of carbonyl (C=O) groups excluding carboxylic acids is 1. The number of nitrogens with one attached hydrogen (secondary N) is 1. The van der Waals surface area contributed by atoms with Crippen LogP contribution in [0.2, 0.25) is 0 Å². The lowest BCUT2D eigenvalue weighted by atomic mass is 10.2. The maximum absolute atomic E-state index is 11.5. The summed E-state index contributed by atoms with van der Waals surface area (Å²) in [4.78, 5) is 11.5. The second-order valence-corrected chi connectivity index (χ2v) is 3.57. The van der Waals surface area contributed by atoms with Crippen LogP contribution >= 0.6 is 12.4 Å². The van der Waals surface area contributed by atoms with E-state index in [2.05, 4.69) is 5.32 Å². The maximum Gasteiger partial charge on any atom is 0.243 e. The summed E-state index contributed by atoms with van der Waals surface area (Å²) in [7, 11) is 1.47. The van der Waals surface area contributed by atoms with Crippen LogP contribution in [0.1, 0.15) is 5.56 Å². The van der Waals surface area contributed by atoms with Crippen molar-refractivity contribution < 1.29 is 14.6 Å². The molecule has 1 amide bonds. The van der Waals surface area contributed by atoms with Crippen molar-refractivity contribution in [3.05, 3.63) is 23.8 Å². The lowest BCUT2D eigenvalue weighted by Gasteiger charge is -2.12. The Labute approximate surface area is 106 Å². The molecule has 96 valence electrons. The number of methoxy groups -OCH3 is 1. The van der Waals surface area contributed by atoms with Crippen LogP contribution in [-0.4, -0.2) is 30.8 Å². The minimum atomic E-state index is -0.745. The van der Waals surface area contributed by atoms with Gasteiger partial charge < -0.3 is 20.9 Å². The predicted molar refractivity (Wildman–Crippen MR) is 68.6 cm³/mol. The number of hydrogen-bond acceptors (Lipinski definition) is 4. The van der Waals surface area contributed by atoms with Gasteiger partial charge in [0.1, 0.15) is 11.8 Å². The van der Waals surface area contributed by atoms with Gasteiger partial charge in [-0.3, -0.25) is 4.79 Å². The van der Waals surface area contributed by atoms with E-state index >= 15 is 0 Å². The zero-order valence-corrected chi connectivity index (χ0v) is 10.6. The van der Waals surface area contributed by atoms with Crippen LogP contribution in [0.15, 0.2) is 18.2 Å². The van der Waals surface area contributed by atoms with Gasteiger partial charge in [0.2, 0.25) is 5.91 Å². The van der Waals surface area contributed by atoms with Crippen molar-refractivity contribution in [3.63, 3.8) is 0 Å². The van der Waals surface area contributed by atoms with Crippen molar-refractivity contribution >= 4 is 24.0 Å². The topological polar surface area (TPSA) is 84.6 Å². The summed E-state index contributed by atoms with van der Waals surface area (Å²) in [6.07, 6.45) is 0. The van der Waals surface area contributed by atoms with Gasteiger partial charge >= 0.3 is 0 Å². The van der Waals surface area contributed by atoms with Gasteiger partial charge in [-0.15, -0.1) is 12.4 Å². The largest absolute Gasteiger partial charge is 0.506 e. The molecule has 1 aromatic carbocycles. The molecule has 0 saturated carbocycles. The standard InChI is InChI=1S/C11H16N2O3.ClH/c1-7-3-4-10(14)9(5-7)13-11(15)8(12)6-16-2;/h3-5,8,14H,6,12H2,1-2H3,(H,13,15);1H. The number of anilines is 1. The Kier molecular flexibility index (Phi) is 6.57. The summed E-state index contributed by atoms with van der Waals surface area (Å²) >= 11 is 0. The Balaban J connectivity index is 0.00000256. The third kappa shape index (κ3) is 4.60. The molecular formula is C11H17ClN2O3. The van der Waals surface area contributed by atoms with E-state index in [1.807, 2.05) is 6.92 Å². The zero-order valence-electron chi connectivity index (χ0n) is 9.77. The summed E-state index contributed by atoms with van der Waals surface area (Å²) in [5.74, 6) is -0.369. The molecule has 0 aliphatic rings. The monoisotopic (exact) mass is 260 g/mol. The molecular weight excluding hydrogens is 244 g/mol. The SMILES string of the molecule is COCC(N)C(=O)Nc1cc(C)ccc1O.Cl. The number of phenolic OH excluding ortho intramolecular Hbond substituents is 1. The van der Waals surface area contributed by atoms with Crippen LogP contribution < -0.4 is 11.1 Å². The van der Waals surface area contributed by atoms with Gasteiger partial charge in [-0.05, 0) is 24.6 Å². The average Bonchev–Trinajstić information content (AvgIpc) is 2.23. The maximum atomic E-state index is 11.5. The zero-order chi connectivity index (χ0) is 12.1. The van der Waals surface area contributed by atoms with E-state index in [0.29, 0.717) is 5.69 Å². The normalized spacial score (nSPS) is 11.5. The summed E-state index contributed by atoms with van der Waals surface area (Å²) in [5, 5.41) is 12.1. The average molecular weight is 261 g/mol. The fourth-order valence-corrected chi connectivity index (χ4v) is 1.23. The molecule has 5 nitrogen and oxygen atoms in total. The van der Waals surface area contributed by atoms with Crippen molar-refractivity contribution in [2.45, 2.75) is 13.0 Å². The van der Waals surface area contributed by atoms with Crippen LogP contribution in [0.4, 0.5) is 5.69 Å². The Bertz CT molecular complexity index is 385. The smallest absolute Gasteiger partial charge is 0.243 e. The quantitative estimate of drug-likeness (QED) is 0.706. The van der Waals surface area contributed by atoms with Crippen molar-refractivity contribution in [2.75, 3.05) is 19.0 Å². The number of halogens is 1. The van der Waals surface area contributed by atoms with Crippen LogP contribution in [0.3, 0.4) is 0 Å². The highest BCUT2D eigenvalue weighted by Gasteiger charge is 2.14. The summed E-state index contributed by atoms with van der Waals surface area (Å²) in [5.41, 5.74) is 6.84. The molecule has 1 rings (SSSR count). The number of nitrogens with two attached hydrogens (primary N) is 1. The molecule has 6 heteroatoms. The molecule has 17 heavy (non-hydrogen) atoms. The van der Waals surface area contributed by atoms with Gasteiger partial charge in [0, 0.05) is 7.11 Å². The number of hydrogen-bond donors (Lipinski definition) is 3. The number of ether oxygens (including phenoxy) is 1. The van der Waals surface area contributed by atoms with E-state index in [1.54, 1.807) is 12.1 Å². The second-order valence-electron chi connectivity index (χ2n) is 3.57. The predicted octanol–water partition coefficient (Wildman–Crippen LogP) is 1.03. The first-order valence-corrected chi connectivity index (χ1v) is 4.89. The Morgan fingerprint density at radius 3 is 2.82 bits per heavy atom. The van der Waals surface area contributed by atoms with E-state index in [4.69, 9.17) is 10.5 Å². The molecule has 0 spiro atoms. The minimum absolute atomic E-state index is 0. The number of aromatic hydroxyl groups is 1. The van der Waals surface area contributed by atoms with Crippen LogP contribution in [0.5, 0.6) is 5.75 Å². The molecule has 0 saturated heterocycles. The number of carbonyl (C=O) groups is 1. The van der Waals surface area contributed by atoms with Gasteiger partial charge in [-0.25, -0.2) is 0 Å². The first-order valence-electron chi connectivity index (χ1n) is 4.89. The number of aryl methyl sites for hydroxylation is 1. The highest BCUT2D eigenvalue weighted by Crippen LogP contribution is 2.23. The number of phenols is 1. The molecule has 0 aromatic heterocycles. The van der Waals surface area contributed by atoms with Crippen LogP contribution in [-0.2, 0) is 9.53 Å². The Morgan fingerprint density at radius 2 is 2.24 bits per heavy atom. The molecule has 1 aromatic rings. The molecule has 4 N–H and O–H groups in total. The first-order chi connectivity index (χ1) is 7.54. The highest BCUT2D eigenvalue weighted by atomic mass is 35.5. The van der Waals surface area contributed by atoms with Crippen molar-refractivity contribution in [2.24, 2.45) is 5.73 Å². The fourth-order valence-electron chi connectivity index (χ4n) is 1.23. The van der Waals surface area contributed by atoms with E-state index in [-0.39, 0.29) is 30.7 Å². The number of benzene rings is 1. The van der Waals surface area contributed by atoms with Gasteiger partial charge in [0.05, 0.1) is 12.3 Å². The number of amides is 1. The van der Waals surface area contributed by atoms with Crippen molar-refractivity contribution in [1.82, 2.24) is 0 Å². The van der Waals surface area contributed by atoms with E-state index in [0.717, 1.165) is 5.56 Å². The number of rotatable bonds is 4. The minimum Gasteiger partial charge on any atom is -0.506 e. The summed E-state index contributed by atoms with van der Waals surface area (Å²) < 4.78 is 4.77. The summed E-state index contributed by atoms with van der Waals surface area (Å²) in [6, 6.07) is 4.20. The molecule has 0 bridgehead atoms. The van der Waals surface area contributed by atoms with Gasteiger partial charge in [-0.1, -0.05) is 6.07 Å². The van der Waals surface area contributed by atoms with Crippen LogP contribution in [0, 0.1) is 6.92 Å². The van der Waals surface area contributed by atoms with E-state index in [9.17, 15) is 9.90 Å². The van der Waals surface area contributed by atoms with Crippen molar-refractivity contribution in [1.29, 1.82) is 0 Å².